The molecule has 1 saturated heterocycles. The second kappa shape index (κ2) is 5.27. The van der Waals surface area contributed by atoms with Crippen LogP contribution < -0.4 is 5.73 Å². The predicted octanol–water partition coefficient (Wildman–Crippen LogP) is 3.84. The summed E-state index contributed by atoms with van der Waals surface area (Å²) in [5.74, 6) is 0. The Bertz CT molecular complexity index is 336. The molecule has 0 saturated carbocycles. The van der Waals surface area contributed by atoms with Gasteiger partial charge in [-0.1, -0.05) is 0 Å². The lowest BCUT2D eigenvalue weighted by atomic mass is 10.0. The first-order valence-electron chi connectivity index (χ1n) is 4.98. The van der Waals surface area contributed by atoms with Crippen LogP contribution in [0.1, 0.15) is 30.9 Å². The summed E-state index contributed by atoms with van der Waals surface area (Å²) in [7, 11) is 0. The van der Waals surface area contributed by atoms with Crippen LogP contribution in [0.15, 0.2) is 13.6 Å². The van der Waals surface area contributed by atoms with Gasteiger partial charge in [0, 0.05) is 12.6 Å². The molecule has 2 N–H and O–H groups in total. The Kier molecular flexibility index (Phi) is 4.24. The Balaban J connectivity index is 2.00. The largest absolute Gasteiger partial charge is 0.378 e. The lowest BCUT2D eigenvalue weighted by molar-refractivity contribution is 0.0983. The molecule has 0 bridgehead atoms. The summed E-state index contributed by atoms with van der Waals surface area (Å²) in [5.41, 5.74) is 7.35. The van der Waals surface area contributed by atoms with E-state index in [1.165, 1.54) is 12.0 Å². The summed E-state index contributed by atoms with van der Waals surface area (Å²) in [4.78, 5) is 0. The molecule has 1 aliphatic heterocycles. The van der Waals surface area contributed by atoms with Gasteiger partial charge in [-0.2, -0.15) is 0 Å². The van der Waals surface area contributed by atoms with Crippen molar-refractivity contribution in [3.8, 4) is 0 Å². The zero-order valence-electron chi connectivity index (χ0n) is 8.21. The SMILES string of the molecule is NC(CC1CCCO1)c1cc(Br)sc1Br. The third kappa shape index (κ3) is 3.03. The average Bonchev–Trinajstić information content (AvgIpc) is 2.75. The van der Waals surface area contributed by atoms with E-state index in [0.717, 1.165) is 27.0 Å². The van der Waals surface area contributed by atoms with Crippen LogP contribution in [-0.4, -0.2) is 12.7 Å². The molecular weight excluding hydrogens is 342 g/mol. The van der Waals surface area contributed by atoms with Crippen molar-refractivity contribution in [3.05, 3.63) is 19.2 Å². The van der Waals surface area contributed by atoms with Gasteiger partial charge in [0.15, 0.2) is 0 Å². The van der Waals surface area contributed by atoms with Crippen molar-refractivity contribution in [2.24, 2.45) is 5.73 Å². The van der Waals surface area contributed by atoms with Crippen molar-refractivity contribution in [3.63, 3.8) is 0 Å². The highest BCUT2D eigenvalue weighted by atomic mass is 79.9. The molecule has 0 aliphatic carbocycles. The summed E-state index contributed by atoms with van der Waals surface area (Å²) >= 11 is 8.67. The molecule has 2 unspecified atom stereocenters. The van der Waals surface area contributed by atoms with Crippen LogP contribution in [-0.2, 0) is 4.74 Å². The first-order chi connectivity index (χ1) is 7.16. The Hall–Kier alpha value is 0.580. The smallest absolute Gasteiger partial charge is 0.0758 e. The fourth-order valence-electron chi connectivity index (χ4n) is 1.85. The second-order valence-corrected chi connectivity index (χ2v) is 7.51. The Morgan fingerprint density at radius 1 is 1.60 bits per heavy atom. The standard InChI is InChI=1S/C10H13Br2NOS/c11-9-5-7(10(12)15-9)8(13)4-6-2-1-3-14-6/h5-6,8H,1-4,13H2. The maximum absolute atomic E-state index is 6.16. The van der Waals surface area contributed by atoms with Gasteiger partial charge in [-0.05, 0) is 62.8 Å². The minimum absolute atomic E-state index is 0.0741. The van der Waals surface area contributed by atoms with E-state index in [-0.39, 0.29) is 6.04 Å². The van der Waals surface area contributed by atoms with Crippen molar-refractivity contribution >= 4 is 43.2 Å². The normalized spacial score (nSPS) is 23.3. The Labute approximate surface area is 110 Å². The molecule has 1 aromatic rings. The first-order valence-corrected chi connectivity index (χ1v) is 7.39. The number of rotatable bonds is 3. The minimum atomic E-state index is 0.0741. The molecule has 2 atom stereocenters. The highest BCUT2D eigenvalue weighted by molar-refractivity contribution is 9.12. The van der Waals surface area contributed by atoms with Gasteiger partial charge in [0.1, 0.15) is 0 Å². The van der Waals surface area contributed by atoms with E-state index in [1.807, 2.05) is 0 Å². The van der Waals surface area contributed by atoms with Crippen LogP contribution in [0.5, 0.6) is 0 Å². The first kappa shape index (κ1) is 12.0. The molecule has 0 aromatic carbocycles. The van der Waals surface area contributed by atoms with Crippen LogP contribution in [0, 0.1) is 0 Å². The summed E-state index contributed by atoms with van der Waals surface area (Å²) < 4.78 is 7.83. The van der Waals surface area contributed by atoms with Gasteiger partial charge in [0.2, 0.25) is 0 Å². The van der Waals surface area contributed by atoms with Crippen molar-refractivity contribution in [1.82, 2.24) is 0 Å². The summed E-state index contributed by atoms with van der Waals surface area (Å²) in [5, 5.41) is 0. The highest BCUT2D eigenvalue weighted by Crippen LogP contribution is 2.36. The van der Waals surface area contributed by atoms with Crippen molar-refractivity contribution in [2.45, 2.75) is 31.4 Å². The molecule has 5 heteroatoms. The van der Waals surface area contributed by atoms with Crippen LogP contribution in [0.4, 0.5) is 0 Å². The van der Waals surface area contributed by atoms with Crippen LogP contribution in [0.3, 0.4) is 0 Å². The molecule has 1 aliphatic rings. The fraction of sp³-hybridized carbons (Fsp3) is 0.600. The zero-order chi connectivity index (χ0) is 10.8. The number of hydrogen-bond donors (Lipinski definition) is 1. The zero-order valence-corrected chi connectivity index (χ0v) is 12.2. The number of ether oxygens (including phenoxy) is 1. The molecule has 0 spiro atoms. The monoisotopic (exact) mass is 353 g/mol. The van der Waals surface area contributed by atoms with E-state index in [0.29, 0.717) is 6.10 Å². The van der Waals surface area contributed by atoms with E-state index < -0.39 is 0 Å². The molecular formula is C10H13Br2NOS. The molecule has 0 radical (unpaired) electrons. The predicted molar refractivity (Wildman–Crippen MR) is 70.2 cm³/mol. The molecule has 84 valence electrons. The van der Waals surface area contributed by atoms with Crippen molar-refractivity contribution in [1.29, 1.82) is 0 Å². The van der Waals surface area contributed by atoms with Gasteiger partial charge in [-0.15, -0.1) is 11.3 Å². The van der Waals surface area contributed by atoms with E-state index in [1.54, 1.807) is 11.3 Å². The van der Waals surface area contributed by atoms with Gasteiger partial charge in [-0.25, -0.2) is 0 Å². The Morgan fingerprint density at radius 3 is 2.93 bits per heavy atom. The van der Waals surface area contributed by atoms with E-state index in [2.05, 4.69) is 37.9 Å². The lowest BCUT2D eigenvalue weighted by Crippen LogP contribution is -2.18. The topological polar surface area (TPSA) is 35.2 Å². The molecule has 2 nitrogen and oxygen atoms in total. The van der Waals surface area contributed by atoms with E-state index in [4.69, 9.17) is 10.5 Å². The summed E-state index contributed by atoms with van der Waals surface area (Å²) in [6.45, 7) is 0.895. The van der Waals surface area contributed by atoms with Crippen LogP contribution in [0.25, 0.3) is 0 Å². The molecule has 1 aromatic heterocycles. The van der Waals surface area contributed by atoms with Crippen molar-refractivity contribution < 1.29 is 4.74 Å². The number of nitrogens with two attached hydrogens (primary N) is 1. The minimum Gasteiger partial charge on any atom is -0.378 e. The fourth-order valence-corrected chi connectivity index (χ4v) is 4.85. The average molecular weight is 355 g/mol. The van der Waals surface area contributed by atoms with Crippen molar-refractivity contribution in [2.75, 3.05) is 6.61 Å². The number of hydrogen-bond acceptors (Lipinski definition) is 3. The van der Waals surface area contributed by atoms with Gasteiger partial charge in [0.25, 0.3) is 0 Å². The van der Waals surface area contributed by atoms with Gasteiger partial charge in [0.05, 0.1) is 13.7 Å². The van der Waals surface area contributed by atoms with Crippen LogP contribution >= 0.6 is 43.2 Å². The third-order valence-electron chi connectivity index (χ3n) is 2.62. The molecule has 0 amide bonds. The third-order valence-corrected chi connectivity index (χ3v) is 5.01. The molecule has 2 heterocycles. The molecule has 2 rings (SSSR count). The maximum atomic E-state index is 6.16. The van der Waals surface area contributed by atoms with Gasteiger partial charge < -0.3 is 10.5 Å². The highest BCUT2D eigenvalue weighted by Gasteiger charge is 2.21. The Morgan fingerprint density at radius 2 is 2.40 bits per heavy atom. The van der Waals surface area contributed by atoms with Gasteiger partial charge >= 0.3 is 0 Å². The second-order valence-electron chi connectivity index (χ2n) is 3.76. The molecule has 15 heavy (non-hydrogen) atoms. The van der Waals surface area contributed by atoms with Gasteiger partial charge in [-0.3, -0.25) is 0 Å². The lowest BCUT2D eigenvalue weighted by Gasteiger charge is -2.15. The number of thiophene rings is 1. The van der Waals surface area contributed by atoms with E-state index in [9.17, 15) is 0 Å². The quantitative estimate of drug-likeness (QED) is 0.894. The molecule has 1 fully saturated rings. The summed E-state index contributed by atoms with van der Waals surface area (Å²) in [6, 6.07) is 2.17. The maximum Gasteiger partial charge on any atom is 0.0758 e. The van der Waals surface area contributed by atoms with E-state index >= 15 is 0 Å². The number of halogens is 2. The van der Waals surface area contributed by atoms with Crippen LogP contribution in [0.2, 0.25) is 0 Å². The summed E-state index contributed by atoms with van der Waals surface area (Å²) in [6.07, 6.45) is 3.59.